The van der Waals surface area contributed by atoms with Crippen LogP contribution in [0.25, 0.3) is 0 Å². The average molecular weight is 222 g/mol. The lowest BCUT2D eigenvalue weighted by atomic mass is 9.76. The molecule has 0 aromatic carbocycles. The molecule has 1 nitrogen and oxygen atoms in total. The van der Waals surface area contributed by atoms with Gasteiger partial charge in [0, 0.05) is 6.42 Å². The van der Waals surface area contributed by atoms with Crippen LogP contribution in [0.15, 0.2) is 11.1 Å². The summed E-state index contributed by atoms with van der Waals surface area (Å²) in [5, 5.41) is 0. The van der Waals surface area contributed by atoms with Crippen LogP contribution in [0.2, 0.25) is 0 Å². The van der Waals surface area contributed by atoms with Gasteiger partial charge in [-0.05, 0) is 29.2 Å². The number of rotatable bonds is 4. The van der Waals surface area contributed by atoms with Gasteiger partial charge in [-0.1, -0.05) is 53.5 Å². The molecule has 0 N–H and O–H groups in total. The molecular formula is C15H26O. The topological polar surface area (TPSA) is 17.1 Å². The molecule has 0 radical (unpaired) electrons. The minimum absolute atomic E-state index is 0.0886. The molecule has 92 valence electrons. The van der Waals surface area contributed by atoms with Crippen molar-refractivity contribution in [2.45, 2.75) is 60.8 Å². The fourth-order valence-corrected chi connectivity index (χ4v) is 3.25. The lowest BCUT2D eigenvalue weighted by molar-refractivity contribution is -0.116. The molecule has 0 aromatic rings. The quantitative estimate of drug-likeness (QED) is 0.690. The molecule has 1 unspecified atom stereocenters. The van der Waals surface area contributed by atoms with Gasteiger partial charge in [-0.3, -0.25) is 4.79 Å². The highest BCUT2D eigenvalue weighted by atomic mass is 16.1. The van der Waals surface area contributed by atoms with Gasteiger partial charge in [0.2, 0.25) is 0 Å². The van der Waals surface area contributed by atoms with E-state index in [9.17, 15) is 4.79 Å². The summed E-state index contributed by atoms with van der Waals surface area (Å²) in [7, 11) is 0. The number of hydrogen-bond acceptors (Lipinski definition) is 1. The van der Waals surface area contributed by atoms with Crippen molar-refractivity contribution in [2.75, 3.05) is 0 Å². The molecular weight excluding hydrogens is 196 g/mol. The van der Waals surface area contributed by atoms with E-state index in [-0.39, 0.29) is 5.41 Å². The number of allylic oxidation sites excluding steroid dienone is 2. The smallest absolute Gasteiger partial charge is 0.159 e. The first kappa shape index (κ1) is 13.5. The Morgan fingerprint density at radius 2 is 1.81 bits per heavy atom. The van der Waals surface area contributed by atoms with Gasteiger partial charge in [0.1, 0.15) is 0 Å². The van der Waals surface area contributed by atoms with Gasteiger partial charge in [0.25, 0.3) is 0 Å². The molecule has 1 heteroatoms. The third kappa shape index (κ3) is 2.39. The Labute approximate surface area is 100 Å². The minimum Gasteiger partial charge on any atom is -0.295 e. The van der Waals surface area contributed by atoms with E-state index in [1.807, 2.05) is 0 Å². The number of Topliss-reactive ketones (excluding diaryl/α,β-unsaturated/α-hetero) is 1. The molecule has 0 saturated heterocycles. The SMILES string of the molecule is CCCC(C)C1=C(C(C)C)C(=O)CC1(C)C. The summed E-state index contributed by atoms with van der Waals surface area (Å²) in [6.07, 6.45) is 3.10. The summed E-state index contributed by atoms with van der Waals surface area (Å²) >= 11 is 0. The Hall–Kier alpha value is -0.590. The number of ketones is 1. The summed E-state index contributed by atoms with van der Waals surface area (Å²) in [6.45, 7) is 13.2. The first-order valence-electron chi connectivity index (χ1n) is 6.59. The van der Waals surface area contributed by atoms with Gasteiger partial charge in [-0.2, -0.15) is 0 Å². The van der Waals surface area contributed by atoms with Crippen LogP contribution in [0.3, 0.4) is 0 Å². The summed E-state index contributed by atoms with van der Waals surface area (Å²) in [5.74, 6) is 1.32. The second-order valence-electron chi connectivity index (χ2n) is 6.16. The summed E-state index contributed by atoms with van der Waals surface area (Å²) in [5.41, 5.74) is 2.66. The van der Waals surface area contributed by atoms with E-state index in [1.54, 1.807) is 0 Å². The Balaban J connectivity index is 3.17. The molecule has 0 aliphatic heterocycles. The van der Waals surface area contributed by atoms with Gasteiger partial charge in [0.05, 0.1) is 0 Å². The maximum Gasteiger partial charge on any atom is 0.159 e. The van der Waals surface area contributed by atoms with E-state index >= 15 is 0 Å². The summed E-state index contributed by atoms with van der Waals surface area (Å²) < 4.78 is 0. The molecule has 0 fully saturated rings. The molecule has 1 aliphatic carbocycles. The van der Waals surface area contributed by atoms with Crippen molar-refractivity contribution in [1.29, 1.82) is 0 Å². The van der Waals surface area contributed by atoms with Gasteiger partial charge >= 0.3 is 0 Å². The van der Waals surface area contributed by atoms with Crippen molar-refractivity contribution < 1.29 is 4.79 Å². The fraction of sp³-hybridized carbons (Fsp3) is 0.800. The fourth-order valence-electron chi connectivity index (χ4n) is 3.25. The molecule has 0 amide bonds. The lowest BCUT2D eigenvalue weighted by Crippen LogP contribution is -2.17. The Kier molecular flexibility index (Phi) is 3.98. The largest absolute Gasteiger partial charge is 0.295 e. The predicted octanol–water partition coefficient (Wildman–Crippen LogP) is 4.37. The molecule has 16 heavy (non-hydrogen) atoms. The van der Waals surface area contributed by atoms with Crippen LogP contribution in [-0.2, 0) is 4.79 Å². The first-order valence-corrected chi connectivity index (χ1v) is 6.59. The Morgan fingerprint density at radius 3 is 2.25 bits per heavy atom. The van der Waals surface area contributed by atoms with Gasteiger partial charge in [-0.15, -0.1) is 0 Å². The van der Waals surface area contributed by atoms with E-state index < -0.39 is 0 Å². The van der Waals surface area contributed by atoms with Gasteiger partial charge in [-0.25, -0.2) is 0 Å². The third-order valence-electron chi connectivity index (χ3n) is 3.71. The Morgan fingerprint density at radius 1 is 1.25 bits per heavy atom. The first-order chi connectivity index (χ1) is 7.31. The molecule has 0 aromatic heterocycles. The second kappa shape index (κ2) is 4.73. The van der Waals surface area contributed by atoms with Crippen LogP contribution in [-0.4, -0.2) is 5.78 Å². The third-order valence-corrected chi connectivity index (χ3v) is 3.71. The van der Waals surface area contributed by atoms with E-state index in [1.165, 1.54) is 18.4 Å². The number of hydrogen-bond donors (Lipinski definition) is 0. The predicted molar refractivity (Wildman–Crippen MR) is 69.3 cm³/mol. The molecule has 0 saturated carbocycles. The molecule has 1 rings (SSSR count). The zero-order valence-corrected chi connectivity index (χ0v) is 11.7. The summed E-state index contributed by atoms with van der Waals surface area (Å²) in [6, 6.07) is 0. The van der Waals surface area contributed by atoms with Crippen LogP contribution in [0, 0.1) is 17.3 Å². The molecule has 0 bridgehead atoms. The van der Waals surface area contributed by atoms with Crippen molar-refractivity contribution in [2.24, 2.45) is 17.3 Å². The molecule has 1 aliphatic rings. The molecule has 0 heterocycles. The van der Waals surface area contributed by atoms with Gasteiger partial charge < -0.3 is 0 Å². The zero-order chi connectivity index (χ0) is 12.5. The summed E-state index contributed by atoms with van der Waals surface area (Å²) in [4.78, 5) is 12.1. The van der Waals surface area contributed by atoms with E-state index in [4.69, 9.17) is 0 Å². The molecule has 1 atom stereocenters. The van der Waals surface area contributed by atoms with Crippen LogP contribution in [0.1, 0.15) is 60.8 Å². The van der Waals surface area contributed by atoms with Gasteiger partial charge in [0.15, 0.2) is 5.78 Å². The normalized spacial score (nSPS) is 22.1. The van der Waals surface area contributed by atoms with E-state index in [0.29, 0.717) is 24.0 Å². The molecule has 0 spiro atoms. The monoisotopic (exact) mass is 222 g/mol. The highest BCUT2D eigenvalue weighted by molar-refractivity contribution is 6.00. The van der Waals surface area contributed by atoms with Crippen molar-refractivity contribution in [3.05, 3.63) is 11.1 Å². The number of carbonyl (C=O) groups excluding carboxylic acids is 1. The highest BCUT2D eigenvalue weighted by Crippen LogP contribution is 2.47. The van der Waals surface area contributed by atoms with E-state index in [2.05, 4.69) is 41.5 Å². The lowest BCUT2D eigenvalue weighted by Gasteiger charge is -2.28. The maximum absolute atomic E-state index is 12.1. The maximum atomic E-state index is 12.1. The number of carbonyl (C=O) groups is 1. The zero-order valence-electron chi connectivity index (χ0n) is 11.7. The van der Waals surface area contributed by atoms with Crippen molar-refractivity contribution in [3.63, 3.8) is 0 Å². The second-order valence-corrected chi connectivity index (χ2v) is 6.16. The van der Waals surface area contributed by atoms with Crippen LogP contribution >= 0.6 is 0 Å². The minimum atomic E-state index is 0.0886. The van der Waals surface area contributed by atoms with Crippen LogP contribution in [0.5, 0.6) is 0 Å². The van der Waals surface area contributed by atoms with Crippen molar-refractivity contribution in [3.8, 4) is 0 Å². The highest BCUT2D eigenvalue weighted by Gasteiger charge is 2.40. The standard InChI is InChI=1S/C15H26O/c1-7-8-11(4)14-13(10(2)3)12(16)9-15(14,5)6/h10-11H,7-9H2,1-6H3. The van der Waals surface area contributed by atoms with E-state index in [0.717, 1.165) is 5.57 Å². The van der Waals surface area contributed by atoms with Crippen LogP contribution in [0.4, 0.5) is 0 Å². The average Bonchev–Trinajstić information content (AvgIpc) is 2.35. The Bertz CT molecular complexity index is 307. The van der Waals surface area contributed by atoms with Crippen molar-refractivity contribution >= 4 is 5.78 Å². The van der Waals surface area contributed by atoms with Crippen LogP contribution < -0.4 is 0 Å². The van der Waals surface area contributed by atoms with Crippen molar-refractivity contribution in [1.82, 2.24) is 0 Å².